The van der Waals surface area contributed by atoms with Crippen LogP contribution in [0.5, 0.6) is 0 Å². The van der Waals surface area contributed by atoms with Gasteiger partial charge in [0, 0.05) is 0 Å². The van der Waals surface area contributed by atoms with Crippen LogP contribution >= 0.6 is 23.2 Å². The normalized spacial score (nSPS) is 10.4. The molecule has 0 aliphatic heterocycles. The highest BCUT2D eigenvalue weighted by Crippen LogP contribution is 2.30. The van der Waals surface area contributed by atoms with Gasteiger partial charge in [-0.3, -0.25) is 4.57 Å². The number of benzene rings is 1. The molecule has 94 valence electrons. The van der Waals surface area contributed by atoms with Crippen LogP contribution in [0.15, 0.2) is 24.5 Å². The highest BCUT2D eigenvalue weighted by Gasteiger charge is 2.18. The summed E-state index contributed by atoms with van der Waals surface area (Å²) in [6.45, 7) is 0. The summed E-state index contributed by atoms with van der Waals surface area (Å²) < 4.78 is 6.04. The summed E-state index contributed by atoms with van der Waals surface area (Å²) in [5.41, 5.74) is 6.41. The number of halogens is 2. The lowest BCUT2D eigenvalue weighted by molar-refractivity contribution is 0.0596. The Kier molecular flexibility index (Phi) is 3.45. The maximum absolute atomic E-state index is 11.4. The molecule has 0 bridgehead atoms. The molecule has 0 fully saturated rings. The number of ether oxygens (including phenoxy) is 1. The summed E-state index contributed by atoms with van der Waals surface area (Å²) in [4.78, 5) is 15.3. The van der Waals surface area contributed by atoms with Crippen molar-refractivity contribution in [2.24, 2.45) is 0 Å². The van der Waals surface area contributed by atoms with Gasteiger partial charge < -0.3 is 10.5 Å². The minimum atomic E-state index is -0.607. The molecule has 0 amide bonds. The van der Waals surface area contributed by atoms with E-state index in [0.29, 0.717) is 15.7 Å². The first-order valence-electron chi connectivity index (χ1n) is 4.91. The number of hydrogen-bond donors (Lipinski definition) is 1. The van der Waals surface area contributed by atoms with Crippen LogP contribution in [0, 0.1) is 0 Å². The SMILES string of the molecule is COC(=O)c1ncn(-c2cccc(Cl)c2Cl)c1N. The number of carbonyl (C=O) groups excluding carboxylic acids is 1. The van der Waals surface area contributed by atoms with Crippen molar-refractivity contribution >= 4 is 35.0 Å². The Hall–Kier alpha value is -1.72. The third-order valence-electron chi connectivity index (χ3n) is 2.37. The Morgan fingerprint density at radius 2 is 2.17 bits per heavy atom. The Morgan fingerprint density at radius 1 is 1.44 bits per heavy atom. The van der Waals surface area contributed by atoms with Crippen molar-refractivity contribution in [1.82, 2.24) is 9.55 Å². The Labute approximate surface area is 113 Å². The number of anilines is 1. The number of nitrogens with two attached hydrogens (primary N) is 1. The number of esters is 1. The van der Waals surface area contributed by atoms with Crippen molar-refractivity contribution < 1.29 is 9.53 Å². The first-order chi connectivity index (χ1) is 8.56. The van der Waals surface area contributed by atoms with Gasteiger partial charge >= 0.3 is 5.97 Å². The molecule has 18 heavy (non-hydrogen) atoms. The molecule has 2 aromatic rings. The van der Waals surface area contributed by atoms with E-state index in [4.69, 9.17) is 28.9 Å². The molecule has 5 nitrogen and oxygen atoms in total. The van der Waals surface area contributed by atoms with Gasteiger partial charge in [-0.25, -0.2) is 9.78 Å². The largest absolute Gasteiger partial charge is 0.464 e. The topological polar surface area (TPSA) is 70.1 Å². The smallest absolute Gasteiger partial charge is 0.360 e. The van der Waals surface area contributed by atoms with Gasteiger partial charge in [-0.15, -0.1) is 0 Å². The van der Waals surface area contributed by atoms with Crippen LogP contribution in [0.25, 0.3) is 5.69 Å². The molecular weight excluding hydrogens is 277 g/mol. The van der Waals surface area contributed by atoms with Gasteiger partial charge in [0.05, 0.1) is 22.8 Å². The lowest BCUT2D eigenvalue weighted by Crippen LogP contribution is -2.07. The van der Waals surface area contributed by atoms with Gasteiger partial charge in [-0.2, -0.15) is 0 Å². The molecule has 0 atom stereocenters. The summed E-state index contributed by atoms with van der Waals surface area (Å²) in [5.74, 6) is -0.463. The highest BCUT2D eigenvalue weighted by atomic mass is 35.5. The van der Waals surface area contributed by atoms with Crippen LogP contribution < -0.4 is 5.73 Å². The number of methoxy groups -OCH3 is 1. The van der Waals surface area contributed by atoms with Gasteiger partial charge in [0.2, 0.25) is 0 Å². The Morgan fingerprint density at radius 3 is 2.83 bits per heavy atom. The van der Waals surface area contributed by atoms with Crippen LogP contribution in [0.1, 0.15) is 10.5 Å². The average Bonchev–Trinajstić information content (AvgIpc) is 2.74. The van der Waals surface area contributed by atoms with E-state index >= 15 is 0 Å². The van der Waals surface area contributed by atoms with Gasteiger partial charge in [-0.05, 0) is 12.1 Å². The van der Waals surface area contributed by atoms with Crippen LogP contribution in [0.3, 0.4) is 0 Å². The minimum absolute atomic E-state index is 0.0357. The van der Waals surface area contributed by atoms with E-state index in [9.17, 15) is 4.79 Å². The van der Waals surface area contributed by atoms with Crippen molar-refractivity contribution in [3.05, 3.63) is 40.3 Å². The van der Waals surface area contributed by atoms with Crippen molar-refractivity contribution in [3.8, 4) is 5.69 Å². The predicted molar refractivity (Wildman–Crippen MR) is 69.3 cm³/mol. The molecule has 2 N–H and O–H groups in total. The molecule has 7 heteroatoms. The predicted octanol–water partition coefficient (Wildman–Crippen LogP) is 2.55. The summed E-state index contributed by atoms with van der Waals surface area (Å²) in [5, 5.41) is 0.724. The summed E-state index contributed by atoms with van der Waals surface area (Å²) in [7, 11) is 1.26. The maximum atomic E-state index is 11.4. The maximum Gasteiger partial charge on any atom is 0.360 e. The lowest BCUT2D eigenvalue weighted by Gasteiger charge is -2.08. The zero-order valence-corrected chi connectivity index (χ0v) is 10.9. The molecular formula is C11H9Cl2N3O2. The second-order valence-corrected chi connectivity index (χ2v) is 4.20. The first kappa shape index (κ1) is 12.7. The van der Waals surface area contributed by atoms with Gasteiger partial charge in [0.15, 0.2) is 5.69 Å². The first-order valence-corrected chi connectivity index (χ1v) is 5.67. The molecule has 0 saturated heterocycles. The molecule has 2 rings (SSSR count). The number of hydrogen-bond acceptors (Lipinski definition) is 4. The van der Waals surface area contributed by atoms with Crippen molar-refractivity contribution in [1.29, 1.82) is 0 Å². The minimum Gasteiger partial charge on any atom is -0.464 e. The van der Waals surface area contributed by atoms with Gasteiger partial charge in [0.25, 0.3) is 0 Å². The lowest BCUT2D eigenvalue weighted by atomic mass is 10.3. The quantitative estimate of drug-likeness (QED) is 0.861. The molecule has 0 aliphatic carbocycles. The van der Waals surface area contributed by atoms with E-state index in [1.807, 2.05) is 0 Å². The van der Waals surface area contributed by atoms with Crippen molar-refractivity contribution in [2.45, 2.75) is 0 Å². The fourth-order valence-electron chi connectivity index (χ4n) is 1.48. The second kappa shape index (κ2) is 4.88. The van der Waals surface area contributed by atoms with Crippen LogP contribution in [-0.4, -0.2) is 22.6 Å². The zero-order chi connectivity index (χ0) is 13.3. The van der Waals surface area contributed by atoms with Crippen molar-refractivity contribution in [2.75, 3.05) is 12.8 Å². The monoisotopic (exact) mass is 285 g/mol. The average molecular weight is 286 g/mol. The summed E-state index contributed by atoms with van der Waals surface area (Å²) in [6.07, 6.45) is 1.39. The summed E-state index contributed by atoms with van der Waals surface area (Å²) >= 11 is 12.0. The van der Waals surface area contributed by atoms with Crippen LogP contribution in [0.4, 0.5) is 5.82 Å². The number of rotatable bonds is 2. The third-order valence-corrected chi connectivity index (χ3v) is 3.18. The molecule has 0 aliphatic rings. The molecule has 0 spiro atoms. The van der Waals surface area contributed by atoms with Crippen LogP contribution in [0.2, 0.25) is 10.0 Å². The van der Waals surface area contributed by atoms with E-state index < -0.39 is 5.97 Å². The molecule has 1 heterocycles. The molecule has 0 saturated carbocycles. The number of nitrogens with zero attached hydrogens (tertiary/aromatic N) is 2. The fraction of sp³-hybridized carbons (Fsp3) is 0.0909. The highest BCUT2D eigenvalue weighted by molar-refractivity contribution is 6.43. The number of carbonyl (C=O) groups is 1. The van der Waals surface area contributed by atoms with E-state index in [2.05, 4.69) is 9.72 Å². The van der Waals surface area contributed by atoms with Gasteiger partial charge in [0.1, 0.15) is 12.1 Å². The Bertz CT molecular complexity index is 610. The second-order valence-electron chi connectivity index (χ2n) is 3.41. The fourth-order valence-corrected chi connectivity index (χ4v) is 1.87. The standard InChI is InChI=1S/C11H9Cl2N3O2/c1-18-11(17)9-10(14)16(5-15-9)7-4-2-3-6(12)8(7)13/h2-5H,14H2,1H3. The van der Waals surface area contributed by atoms with E-state index in [1.54, 1.807) is 18.2 Å². The van der Waals surface area contributed by atoms with Crippen LogP contribution in [-0.2, 0) is 4.74 Å². The molecule has 0 unspecified atom stereocenters. The zero-order valence-electron chi connectivity index (χ0n) is 9.35. The number of imidazole rings is 1. The Balaban J connectivity index is 2.56. The molecule has 0 radical (unpaired) electrons. The van der Waals surface area contributed by atoms with Crippen molar-refractivity contribution in [3.63, 3.8) is 0 Å². The number of aromatic nitrogens is 2. The van der Waals surface area contributed by atoms with E-state index in [1.165, 1.54) is 18.0 Å². The van der Waals surface area contributed by atoms with E-state index in [0.717, 1.165) is 0 Å². The third kappa shape index (κ3) is 2.02. The molecule has 1 aromatic carbocycles. The number of nitrogen functional groups attached to an aromatic ring is 1. The van der Waals surface area contributed by atoms with E-state index in [-0.39, 0.29) is 11.5 Å². The summed E-state index contributed by atoms with van der Waals surface area (Å²) in [6, 6.07) is 5.09. The van der Waals surface area contributed by atoms with Gasteiger partial charge in [-0.1, -0.05) is 29.3 Å². The molecule has 1 aromatic heterocycles.